The summed E-state index contributed by atoms with van der Waals surface area (Å²) in [5.41, 5.74) is -0.930. The van der Waals surface area contributed by atoms with Gasteiger partial charge >= 0.3 is 0 Å². The summed E-state index contributed by atoms with van der Waals surface area (Å²) < 4.78 is 19.8. The van der Waals surface area contributed by atoms with E-state index < -0.39 is 11.4 Å². The van der Waals surface area contributed by atoms with Gasteiger partial charge < -0.3 is 4.74 Å². The number of hydrogen-bond donors (Lipinski definition) is 0. The van der Waals surface area contributed by atoms with Gasteiger partial charge in [-0.1, -0.05) is 17.7 Å². The van der Waals surface area contributed by atoms with Crippen LogP contribution in [0.25, 0.3) is 0 Å². The molecule has 19 heavy (non-hydrogen) atoms. The zero-order chi connectivity index (χ0) is 14.4. The first kappa shape index (κ1) is 14.5. The second-order valence-electron chi connectivity index (χ2n) is 6.19. The van der Waals surface area contributed by atoms with Gasteiger partial charge in [0.1, 0.15) is 0 Å². The van der Waals surface area contributed by atoms with Crippen LogP contribution in [0.3, 0.4) is 0 Å². The Hall–Kier alpha value is -0.930. The van der Waals surface area contributed by atoms with Crippen molar-refractivity contribution in [1.29, 1.82) is 0 Å². The summed E-state index contributed by atoms with van der Waals surface area (Å²) in [7, 11) is 0. The molecule has 1 aromatic carbocycles. The number of carbonyl (C=O) groups excluding carboxylic acids is 1. The van der Waals surface area contributed by atoms with Gasteiger partial charge in [0, 0.05) is 0 Å². The van der Waals surface area contributed by atoms with Gasteiger partial charge in [-0.15, -0.1) is 0 Å². The Kier molecular flexibility index (Phi) is 3.48. The molecule has 4 heteroatoms. The second-order valence-corrected chi connectivity index (χ2v) is 6.59. The van der Waals surface area contributed by atoms with Crippen LogP contribution in [0.2, 0.25) is 5.02 Å². The molecular weight excluding hydrogens is 267 g/mol. The van der Waals surface area contributed by atoms with Gasteiger partial charge in [-0.25, -0.2) is 4.39 Å². The van der Waals surface area contributed by atoms with Gasteiger partial charge in [0.15, 0.2) is 11.6 Å². The average molecular weight is 285 g/mol. The number of halogens is 2. The quantitative estimate of drug-likeness (QED) is 0.759. The van der Waals surface area contributed by atoms with Gasteiger partial charge in [0.05, 0.1) is 27.7 Å². The third-order valence-corrected chi connectivity index (χ3v) is 3.90. The average Bonchev–Trinajstić information content (AvgIpc) is 2.50. The molecular formula is C15H18ClFO2. The number of Topliss-reactive ketones (excluding diaryl/α,β-unsaturated/α-hetero) is 1. The van der Waals surface area contributed by atoms with Crippen LogP contribution >= 0.6 is 11.6 Å². The number of carbonyl (C=O) groups is 1. The van der Waals surface area contributed by atoms with E-state index in [0.29, 0.717) is 6.42 Å². The van der Waals surface area contributed by atoms with E-state index in [-0.39, 0.29) is 27.9 Å². The molecule has 0 radical (unpaired) electrons. The van der Waals surface area contributed by atoms with Crippen molar-refractivity contribution < 1.29 is 13.9 Å². The van der Waals surface area contributed by atoms with E-state index >= 15 is 0 Å². The first-order valence-corrected chi connectivity index (χ1v) is 6.70. The van der Waals surface area contributed by atoms with Gasteiger partial charge in [-0.3, -0.25) is 4.79 Å². The maximum atomic E-state index is 14.0. The minimum Gasteiger partial charge on any atom is -0.369 e. The fourth-order valence-electron chi connectivity index (χ4n) is 2.85. The van der Waals surface area contributed by atoms with Crippen molar-refractivity contribution in [3.8, 4) is 0 Å². The zero-order valence-electron chi connectivity index (χ0n) is 11.6. The molecule has 1 unspecified atom stereocenters. The standard InChI is InChI=1S/C15H18ClFO2/c1-14(2)8-10(15(3,4)19-14)13(18)9-6-5-7-11(16)12(9)17/h5-7,10H,8H2,1-4H3. The number of ketones is 1. The Morgan fingerprint density at radius 3 is 2.53 bits per heavy atom. The molecule has 0 N–H and O–H groups in total. The molecule has 0 aromatic heterocycles. The van der Waals surface area contributed by atoms with E-state index in [1.54, 1.807) is 6.07 Å². The van der Waals surface area contributed by atoms with E-state index in [1.807, 2.05) is 27.7 Å². The van der Waals surface area contributed by atoms with Crippen molar-refractivity contribution >= 4 is 17.4 Å². The molecule has 2 nitrogen and oxygen atoms in total. The van der Waals surface area contributed by atoms with Crippen LogP contribution in [0.5, 0.6) is 0 Å². The van der Waals surface area contributed by atoms with E-state index in [2.05, 4.69) is 0 Å². The van der Waals surface area contributed by atoms with Crippen molar-refractivity contribution in [2.75, 3.05) is 0 Å². The summed E-state index contributed by atoms with van der Waals surface area (Å²) in [6.45, 7) is 7.62. The van der Waals surface area contributed by atoms with E-state index in [9.17, 15) is 9.18 Å². The smallest absolute Gasteiger partial charge is 0.171 e. The summed E-state index contributed by atoms with van der Waals surface area (Å²) in [6.07, 6.45) is 0.574. The number of hydrogen-bond acceptors (Lipinski definition) is 2. The van der Waals surface area contributed by atoms with E-state index in [1.165, 1.54) is 12.1 Å². The van der Waals surface area contributed by atoms with Crippen LogP contribution in [-0.2, 0) is 4.74 Å². The van der Waals surface area contributed by atoms with Crippen LogP contribution < -0.4 is 0 Å². The molecule has 0 spiro atoms. The summed E-state index contributed by atoms with van der Waals surface area (Å²) in [4.78, 5) is 12.5. The van der Waals surface area contributed by atoms with Crippen molar-refractivity contribution in [3.05, 3.63) is 34.6 Å². The molecule has 2 rings (SSSR count). The van der Waals surface area contributed by atoms with Crippen molar-refractivity contribution in [1.82, 2.24) is 0 Å². The second kappa shape index (κ2) is 4.57. The van der Waals surface area contributed by atoms with Gasteiger partial charge in [0.2, 0.25) is 0 Å². The third kappa shape index (κ3) is 2.67. The monoisotopic (exact) mass is 284 g/mol. The molecule has 0 aliphatic carbocycles. The molecule has 104 valence electrons. The van der Waals surface area contributed by atoms with Crippen LogP contribution in [-0.4, -0.2) is 17.0 Å². The predicted molar refractivity (Wildman–Crippen MR) is 73.1 cm³/mol. The lowest BCUT2D eigenvalue weighted by atomic mass is 9.81. The summed E-state index contributed by atoms with van der Waals surface area (Å²) >= 11 is 5.73. The van der Waals surface area contributed by atoms with Gasteiger partial charge in [0.25, 0.3) is 0 Å². The first-order chi connectivity index (χ1) is 8.64. The molecule has 1 heterocycles. The fraction of sp³-hybridized carbons (Fsp3) is 0.533. The molecule has 1 atom stereocenters. The Bertz CT molecular complexity index is 523. The molecule has 1 saturated heterocycles. The highest BCUT2D eigenvalue weighted by Gasteiger charge is 2.49. The topological polar surface area (TPSA) is 26.3 Å². The third-order valence-electron chi connectivity index (χ3n) is 3.61. The summed E-state index contributed by atoms with van der Waals surface area (Å²) in [5.74, 6) is -1.25. The van der Waals surface area contributed by atoms with Crippen molar-refractivity contribution in [2.24, 2.45) is 5.92 Å². The van der Waals surface area contributed by atoms with Crippen LogP contribution in [0.15, 0.2) is 18.2 Å². The normalized spacial score (nSPS) is 24.4. The Morgan fingerprint density at radius 1 is 1.37 bits per heavy atom. The van der Waals surface area contributed by atoms with Gasteiger partial charge in [-0.2, -0.15) is 0 Å². The Morgan fingerprint density at radius 2 is 2.00 bits per heavy atom. The maximum Gasteiger partial charge on any atom is 0.171 e. The molecule has 0 amide bonds. The SMILES string of the molecule is CC1(C)CC(C(=O)c2cccc(Cl)c2F)C(C)(C)O1. The highest BCUT2D eigenvalue weighted by Crippen LogP contribution is 2.43. The molecule has 0 bridgehead atoms. The van der Waals surface area contributed by atoms with Crippen LogP contribution in [0, 0.1) is 11.7 Å². The summed E-state index contributed by atoms with van der Waals surface area (Å²) in [5, 5.41) is -0.0261. The zero-order valence-corrected chi connectivity index (χ0v) is 12.3. The van der Waals surface area contributed by atoms with Crippen molar-refractivity contribution in [2.45, 2.75) is 45.3 Å². The van der Waals surface area contributed by atoms with E-state index in [4.69, 9.17) is 16.3 Å². The molecule has 1 aromatic rings. The van der Waals surface area contributed by atoms with E-state index in [0.717, 1.165) is 0 Å². The molecule has 1 fully saturated rings. The van der Waals surface area contributed by atoms with Crippen LogP contribution in [0.1, 0.15) is 44.5 Å². The minimum absolute atomic E-state index is 0.0261. The number of ether oxygens (including phenoxy) is 1. The Labute approximate surface area is 117 Å². The van der Waals surface area contributed by atoms with Gasteiger partial charge in [-0.05, 0) is 46.2 Å². The lowest BCUT2D eigenvalue weighted by molar-refractivity contribution is -0.0712. The van der Waals surface area contributed by atoms with Crippen molar-refractivity contribution in [3.63, 3.8) is 0 Å². The number of rotatable bonds is 2. The fourth-order valence-corrected chi connectivity index (χ4v) is 3.03. The summed E-state index contributed by atoms with van der Waals surface area (Å²) in [6, 6.07) is 4.51. The highest BCUT2D eigenvalue weighted by atomic mass is 35.5. The minimum atomic E-state index is -0.644. The first-order valence-electron chi connectivity index (χ1n) is 6.32. The molecule has 1 aliphatic rings. The predicted octanol–water partition coefficient (Wildman–Crippen LogP) is 4.26. The highest BCUT2D eigenvalue weighted by molar-refractivity contribution is 6.31. The maximum absolute atomic E-state index is 14.0. The Balaban J connectivity index is 2.37. The largest absolute Gasteiger partial charge is 0.369 e. The lowest BCUT2D eigenvalue weighted by Crippen LogP contribution is -2.34. The molecule has 0 saturated carbocycles. The lowest BCUT2D eigenvalue weighted by Gasteiger charge is -2.26. The molecule has 1 aliphatic heterocycles. The van der Waals surface area contributed by atoms with Crippen LogP contribution in [0.4, 0.5) is 4.39 Å². The number of benzene rings is 1.